The van der Waals surface area contributed by atoms with Gasteiger partial charge in [-0.25, -0.2) is 9.78 Å². The largest absolute Gasteiger partial charge is 0.477 e. The molecular formula is C13H12N2O3S2. The van der Waals surface area contributed by atoms with Crippen molar-refractivity contribution in [2.45, 2.75) is 11.4 Å². The molecule has 7 heteroatoms. The third kappa shape index (κ3) is 4.36. The maximum absolute atomic E-state index is 11.7. The number of carboxylic acid groups (broad SMARTS) is 1. The number of rotatable bonds is 6. The summed E-state index contributed by atoms with van der Waals surface area (Å²) in [4.78, 5) is 28.0. The summed E-state index contributed by atoms with van der Waals surface area (Å²) in [5.41, 5.74) is -0.0195. The van der Waals surface area contributed by atoms with Crippen molar-refractivity contribution in [2.75, 3.05) is 5.75 Å². The van der Waals surface area contributed by atoms with Gasteiger partial charge in [0.25, 0.3) is 0 Å². The highest BCUT2D eigenvalue weighted by molar-refractivity contribution is 8.00. The Balaban J connectivity index is 1.81. The van der Waals surface area contributed by atoms with E-state index in [0.29, 0.717) is 11.4 Å². The molecule has 20 heavy (non-hydrogen) atoms. The molecule has 2 rings (SSSR count). The van der Waals surface area contributed by atoms with Crippen LogP contribution in [-0.4, -0.2) is 27.7 Å². The lowest BCUT2D eigenvalue weighted by molar-refractivity contribution is -0.118. The highest BCUT2D eigenvalue weighted by Crippen LogP contribution is 2.17. The van der Waals surface area contributed by atoms with Crippen LogP contribution in [0.3, 0.4) is 0 Å². The van der Waals surface area contributed by atoms with Crippen molar-refractivity contribution >= 4 is 35.0 Å². The van der Waals surface area contributed by atoms with Crippen LogP contribution >= 0.6 is 23.1 Å². The molecule has 0 aliphatic carbocycles. The van der Waals surface area contributed by atoms with Gasteiger partial charge in [0.1, 0.15) is 5.69 Å². The normalized spacial score (nSPS) is 10.2. The van der Waals surface area contributed by atoms with Crippen molar-refractivity contribution in [1.29, 1.82) is 0 Å². The molecule has 0 bridgehead atoms. The van der Waals surface area contributed by atoms with Crippen molar-refractivity contribution in [3.63, 3.8) is 0 Å². The minimum absolute atomic E-state index is 0.0195. The van der Waals surface area contributed by atoms with Gasteiger partial charge < -0.3 is 10.4 Å². The van der Waals surface area contributed by atoms with E-state index in [1.165, 1.54) is 24.0 Å². The maximum Gasteiger partial charge on any atom is 0.354 e. The molecule has 0 saturated carbocycles. The number of nitrogens with one attached hydrogen (secondary N) is 1. The van der Waals surface area contributed by atoms with Gasteiger partial charge in [-0.15, -0.1) is 23.1 Å². The molecular weight excluding hydrogens is 296 g/mol. The zero-order valence-corrected chi connectivity index (χ0v) is 12.0. The minimum atomic E-state index is -1.07. The van der Waals surface area contributed by atoms with E-state index < -0.39 is 5.97 Å². The van der Waals surface area contributed by atoms with Crippen LogP contribution in [-0.2, 0) is 11.3 Å². The number of thioether (sulfide) groups is 1. The van der Waals surface area contributed by atoms with Gasteiger partial charge >= 0.3 is 5.97 Å². The lowest BCUT2D eigenvalue weighted by atomic mass is 10.3. The lowest BCUT2D eigenvalue weighted by Gasteiger charge is -2.04. The van der Waals surface area contributed by atoms with E-state index >= 15 is 0 Å². The van der Waals surface area contributed by atoms with Crippen LogP contribution in [0.4, 0.5) is 0 Å². The summed E-state index contributed by atoms with van der Waals surface area (Å²) in [6.07, 6.45) is 1.43. The summed E-state index contributed by atoms with van der Waals surface area (Å²) in [6, 6.07) is 7.04. The number of thiophene rings is 1. The molecule has 0 atom stereocenters. The van der Waals surface area contributed by atoms with Gasteiger partial charge in [0.15, 0.2) is 0 Å². The third-order valence-corrected chi connectivity index (χ3v) is 4.23. The zero-order chi connectivity index (χ0) is 14.4. The quantitative estimate of drug-likeness (QED) is 0.800. The van der Waals surface area contributed by atoms with Gasteiger partial charge in [0.05, 0.1) is 12.3 Å². The Kier molecular flexibility index (Phi) is 5.14. The number of hydrogen-bond donors (Lipinski definition) is 2. The lowest BCUT2D eigenvalue weighted by Crippen LogP contribution is -2.24. The number of amides is 1. The average molecular weight is 308 g/mol. The number of aromatic nitrogens is 1. The maximum atomic E-state index is 11.7. The van der Waals surface area contributed by atoms with Crippen molar-refractivity contribution in [3.8, 4) is 0 Å². The second kappa shape index (κ2) is 7.06. The van der Waals surface area contributed by atoms with Crippen LogP contribution in [0, 0.1) is 0 Å². The summed E-state index contributed by atoms with van der Waals surface area (Å²) in [5.74, 6) is -0.916. The number of pyridine rings is 1. The first-order chi connectivity index (χ1) is 9.65. The van der Waals surface area contributed by atoms with Crippen LogP contribution in [0.1, 0.15) is 15.4 Å². The molecule has 0 aromatic carbocycles. The molecule has 0 fully saturated rings. The van der Waals surface area contributed by atoms with Crippen LogP contribution in [0.25, 0.3) is 0 Å². The SMILES string of the molecule is O=C(CSc1ccnc(C(=O)O)c1)NCc1cccs1. The van der Waals surface area contributed by atoms with Gasteiger partial charge in [-0.2, -0.15) is 0 Å². The van der Waals surface area contributed by atoms with E-state index in [1.807, 2.05) is 17.5 Å². The molecule has 0 aliphatic heterocycles. The molecule has 104 valence electrons. The zero-order valence-electron chi connectivity index (χ0n) is 10.4. The molecule has 0 unspecified atom stereocenters. The van der Waals surface area contributed by atoms with Crippen LogP contribution in [0.5, 0.6) is 0 Å². The number of carboxylic acids is 1. The molecule has 1 amide bonds. The van der Waals surface area contributed by atoms with E-state index in [2.05, 4.69) is 10.3 Å². The highest BCUT2D eigenvalue weighted by Gasteiger charge is 2.07. The second-order valence-corrected chi connectivity index (χ2v) is 5.91. The molecule has 2 N–H and O–H groups in total. The van der Waals surface area contributed by atoms with Crippen molar-refractivity contribution in [3.05, 3.63) is 46.4 Å². The second-order valence-electron chi connectivity index (χ2n) is 3.83. The van der Waals surface area contributed by atoms with Gasteiger partial charge in [0, 0.05) is 16.0 Å². The van der Waals surface area contributed by atoms with Crippen molar-refractivity contribution < 1.29 is 14.7 Å². The average Bonchev–Trinajstić information content (AvgIpc) is 2.96. The summed E-state index contributed by atoms with van der Waals surface area (Å²) in [5, 5.41) is 13.6. The molecule has 2 aromatic heterocycles. The number of carbonyl (C=O) groups is 2. The fourth-order valence-electron chi connectivity index (χ4n) is 1.42. The first kappa shape index (κ1) is 14.5. The smallest absolute Gasteiger partial charge is 0.354 e. The first-order valence-electron chi connectivity index (χ1n) is 5.76. The predicted octanol–water partition coefficient (Wildman–Crippen LogP) is 2.25. The molecule has 2 aromatic rings. The Morgan fingerprint density at radius 3 is 2.95 bits per heavy atom. The van der Waals surface area contributed by atoms with E-state index in [0.717, 1.165) is 4.88 Å². The molecule has 5 nitrogen and oxygen atoms in total. The van der Waals surface area contributed by atoms with Crippen LogP contribution < -0.4 is 5.32 Å². The van der Waals surface area contributed by atoms with Crippen LogP contribution in [0.2, 0.25) is 0 Å². The molecule has 2 heterocycles. The van der Waals surface area contributed by atoms with Gasteiger partial charge in [-0.3, -0.25) is 4.79 Å². The Morgan fingerprint density at radius 1 is 1.40 bits per heavy atom. The summed E-state index contributed by atoms with van der Waals surface area (Å²) < 4.78 is 0. The Hall–Kier alpha value is -1.86. The van der Waals surface area contributed by atoms with Crippen molar-refractivity contribution in [1.82, 2.24) is 10.3 Å². The topological polar surface area (TPSA) is 79.3 Å². The van der Waals surface area contributed by atoms with Gasteiger partial charge in [-0.05, 0) is 23.6 Å². The van der Waals surface area contributed by atoms with Gasteiger partial charge in [0.2, 0.25) is 5.91 Å². The van der Waals surface area contributed by atoms with E-state index in [4.69, 9.17) is 5.11 Å². The summed E-state index contributed by atoms with van der Waals surface area (Å²) in [6.45, 7) is 0.522. The number of hydrogen-bond acceptors (Lipinski definition) is 5. The Bertz CT molecular complexity index is 599. The first-order valence-corrected chi connectivity index (χ1v) is 7.63. The van der Waals surface area contributed by atoms with Crippen LogP contribution in [0.15, 0.2) is 40.7 Å². The van der Waals surface area contributed by atoms with E-state index in [-0.39, 0.29) is 17.4 Å². The summed E-state index contributed by atoms with van der Waals surface area (Å²) >= 11 is 2.87. The minimum Gasteiger partial charge on any atom is -0.477 e. The molecule has 0 radical (unpaired) electrons. The summed E-state index contributed by atoms with van der Waals surface area (Å²) in [7, 11) is 0. The fourth-order valence-corrected chi connectivity index (χ4v) is 2.81. The third-order valence-electron chi connectivity index (χ3n) is 2.36. The molecule has 0 saturated heterocycles. The fraction of sp³-hybridized carbons (Fsp3) is 0.154. The van der Waals surface area contributed by atoms with E-state index in [1.54, 1.807) is 17.4 Å². The highest BCUT2D eigenvalue weighted by atomic mass is 32.2. The standard InChI is InChI=1S/C13H12N2O3S2/c16-12(15-7-10-2-1-5-19-10)8-20-9-3-4-14-11(6-9)13(17)18/h1-6H,7-8H2,(H,15,16)(H,17,18). The van der Waals surface area contributed by atoms with E-state index in [9.17, 15) is 9.59 Å². The molecule has 0 aliphatic rings. The Labute approximate surface area is 124 Å². The predicted molar refractivity (Wildman–Crippen MR) is 78.1 cm³/mol. The Morgan fingerprint density at radius 2 is 2.25 bits per heavy atom. The van der Waals surface area contributed by atoms with Gasteiger partial charge in [-0.1, -0.05) is 6.07 Å². The van der Waals surface area contributed by atoms with Crippen molar-refractivity contribution in [2.24, 2.45) is 0 Å². The number of aromatic carboxylic acids is 1. The monoisotopic (exact) mass is 308 g/mol. The number of carbonyl (C=O) groups excluding carboxylic acids is 1. The molecule has 0 spiro atoms. The number of nitrogens with zero attached hydrogens (tertiary/aromatic N) is 1.